The van der Waals surface area contributed by atoms with Crippen molar-refractivity contribution >= 4 is 29.3 Å². The molecule has 0 atom stereocenters. The quantitative estimate of drug-likeness (QED) is 0.787. The molecule has 0 saturated heterocycles. The number of benzene rings is 1. The maximum absolute atomic E-state index is 12.7. The van der Waals surface area contributed by atoms with Gasteiger partial charge in [0.15, 0.2) is 10.3 Å². The Morgan fingerprint density at radius 1 is 1.20 bits per heavy atom. The maximum Gasteiger partial charge on any atom is 0.450 e. The summed E-state index contributed by atoms with van der Waals surface area (Å²) in [7, 11) is 0. The van der Waals surface area contributed by atoms with Gasteiger partial charge in [-0.25, -0.2) is 14.3 Å². The molecule has 1 aromatic heterocycles. The molecular weight excluding hydrogens is 320 g/mol. The van der Waals surface area contributed by atoms with Crippen LogP contribution in [-0.2, 0) is 6.18 Å². The molecule has 0 aliphatic heterocycles. The highest BCUT2D eigenvalue weighted by Gasteiger charge is 2.41. The van der Waals surface area contributed by atoms with Crippen LogP contribution in [0.4, 0.5) is 18.0 Å². The van der Waals surface area contributed by atoms with Gasteiger partial charge in [-0.05, 0) is 12.1 Å². The summed E-state index contributed by atoms with van der Waals surface area (Å²) >= 11 is 11.0. The van der Waals surface area contributed by atoms with Gasteiger partial charge in [0, 0.05) is 0 Å². The molecule has 0 spiro atoms. The summed E-state index contributed by atoms with van der Waals surface area (Å²) in [5.74, 6) is -1.49. The van der Waals surface area contributed by atoms with Gasteiger partial charge in [-0.2, -0.15) is 13.2 Å². The third kappa shape index (κ3) is 2.88. The van der Waals surface area contributed by atoms with Gasteiger partial charge < -0.3 is 4.74 Å². The van der Waals surface area contributed by atoms with Crippen LogP contribution in [0.15, 0.2) is 30.3 Å². The summed E-state index contributed by atoms with van der Waals surface area (Å²) < 4.78 is 43.0. The number of nitrogens with zero attached hydrogens (tertiary/aromatic N) is 2. The molecule has 2 rings (SSSR count). The van der Waals surface area contributed by atoms with Crippen molar-refractivity contribution < 1.29 is 22.7 Å². The average molecular weight is 325 g/mol. The lowest BCUT2D eigenvalue weighted by atomic mass is 10.3. The Morgan fingerprint density at radius 2 is 1.80 bits per heavy atom. The Balaban J connectivity index is 2.40. The van der Waals surface area contributed by atoms with Gasteiger partial charge in [0.2, 0.25) is 5.82 Å². The zero-order valence-electron chi connectivity index (χ0n) is 9.49. The van der Waals surface area contributed by atoms with Crippen LogP contribution in [0.2, 0.25) is 10.3 Å². The fraction of sp³-hybridized carbons (Fsp3) is 0.0909. The van der Waals surface area contributed by atoms with Crippen LogP contribution in [0.1, 0.15) is 5.82 Å². The van der Waals surface area contributed by atoms with E-state index in [9.17, 15) is 18.0 Å². The first-order chi connectivity index (χ1) is 9.30. The Kier molecular flexibility index (Phi) is 3.92. The van der Waals surface area contributed by atoms with Gasteiger partial charge in [0.1, 0.15) is 5.75 Å². The van der Waals surface area contributed by atoms with Crippen LogP contribution < -0.4 is 4.74 Å². The summed E-state index contributed by atoms with van der Waals surface area (Å²) in [4.78, 5) is 14.8. The van der Waals surface area contributed by atoms with Crippen molar-refractivity contribution in [2.24, 2.45) is 0 Å². The van der Waals surface area contributed by atoms with Crippen molar-refractivity contribution in [3.8, 4) is 5.75 Å². The Bertz CT molecular complexity index is 641. The van der Waals surface area contributed by atoms with Crippen LogP contribution >= 0.6 is 23.2 Å². The van der Waals surface area contributed by atoms with E-state index in [-0.39, 0.29) is 10.3 Å². The maximum atomic E-state index is 12.7. The van der Waals surface area contributed by atoms with Crippen molar-refractivity contribution in [1.82, 2.24) is 9.55 Å². The molecule has 0 fully saturated rings. The Labute approximate surface area is 120 Å². The van der Waals surface area contributed by atoms with E-state index in [1.807, 2.05) is 0 Å². The van der Waals surface area contributed by atoms with Crippen molar-refractivity contribution in [3.05, 3.63) is 46.5 Å². The molecule has 2 aromatic rings. The fourth-order valence-corrected chi connectivity index (χ4v) is 1.72. The second-order valence-electron chi connectivity index (χ2n) is 3.53. The lowest BCUT2D eigenvalue weighted by molar-refractivity contribution is -0.146. The molecule has 0 unspecified atom stereocenters. The minimum absolute atomic E-state index is 0.0616. The smallest absolute Gasteiger partial charge is 0.410 e. The summed E-state index contributed by atoms with van der Waals surface area (Å²) in [6.07, 6.45) is -6.25. The minimum atomic E-state index is -4.90. The summed E-state index contributed by atoms with van der Waals surface area (Å²) in [5, 5.41) is -1.30. The third-order valence-corrected chi connectivity index (χ3v) is 2.88. The standard InChI is InChI=1S/C11H5Cl2F3N2O2/c12-7-8(13)18(9(17-7)11(14,15)16)10(19)20-6-4-2-1-3-5-6/h1-5H. The number of imidazole rings is 1. The lowest BCUT2D eigenvalue weighted by Gasteiger charge is -2.10. The lowest BCUT2D eigenvalue weighted by Crippen LogP contribution is -2.24. The molecule has 0 aliphatic carbocycles. The van der Waals surface area contributed by atoms with E-state index >= 15 is 0 Å². The van der Waals surface area contributed by atoms with Gasteiger partial charge in [-0.1, -0.05) is 41.4 Å². The fourth-order valence-electron chi connectivity index (χ4n) is 1.37. The summed E-state index contributed by atoms with van der Waals surface area (Å²) in [6.45, 7) is 0. The number of hydrogen-bond acceptors (Lipinski definition) is 3. The van der Waals surface area contributed by atoms with Crippen LogP contribution in [0.5, 0.6) is 5.75 Å². The second-order valence-corrected chi connectivity index (χ2v) is 4.25. The first kappa shape index (κ1) is 14.7. The number of halogens is 5. The van der Waals surface area contributed by atoms with Crippen molar-refractivity contribution in [2.75, 3.05) is 0 Å². The molecule has 4 nitrogen and oxygen atoms in total. The second kappa shape index (κ2) is 5.34. The van der Waals surface area contributed by atoms with Crippen LogP contribution in [0, 0.1) is 0 Å². The Morgan fingerprint density at radius 3 is 2.35 bits per heavy atom. The van der Waals surface area contributed by atoms with Crippen LogP contribution in [0.25, 0.3) is 0 Å². The normalized spacial score (nSPS) is 11.4. The average Bonchev–Trinajstić information content (AvgIpc) is 2.67. The first-order valence-electron chi connectivity index (χ1n) is 5.09. The predicted molar refractivity (Wildman–Crippen MR) is 65.1 cm³/mol. The molecule has 1 aromatic carbocycles. The Hall–Kier alpha value is -1.73. The monoisotopic (exact) mass is 324 g/mol. The number of para-hydroxylation sites is 1. The van der Waals surface area contributed by atoms with E-state index in [0.29, 0.717) is 0 Å². The minimum Gasteiger partial charge on any atom is -0.410 e. The van der Waals surface area contributed by atoms with Crippen molar-refractivity contribution in [2.45, 2.75) is 6.18 Å². The molecule has 0 bridgehead atoms. The highest BCUT2D eigenvalue weighted by Crippen LogP contribution is 2.34. The number of carbonyl (C=O) groups is 1. The predicted octanol–water partition coefficient (Wildman–Crippen LogP) is 4.26. The van der Waals surface area contributed by atoms with Crippen LogP contribution in [-0.4, -0.2) is 15.6 Å². The van der Waals surface area contributed by atoms with Crippen LogP contribution in [0.3, 0.4) is 0 Å². The molecule has 1 heterocycles. The number of alkyl halides is 3. The van der Waals surface area contributed by atoms with Crippen molar-refractivity contribution in [3.63, 3.8) is 0 Å². The van der Waals surface area contributed by atoms with E-state index in [1.54, 1.807) is 18.2 Å². The van der Waals surface area contributed by atoms with E-state index in [1.165, 1.54) is 12.1 Å². The van der Waals surface area contributed by atoms with E-state index in [2.05, 4.69) is 4.98 Å². The van der Waals surface area contributed by atoms with Gasteiger partial charge >= 0.3 is 12.3 Å². The number of carbonyl (C=O) groups excluding carboxylic acids is 1. The number of hydrogen-bond donors (Lipinski definition) is 0. The molecule has 0 saturated carbocycles. The molecule has 9 heteroatoms. The van der Waals surface area contributed by atoms with Gasteiger partial charge in [0.25, 0.3) is 0 Å². The largest absolute Gasteiger partial charge is 0.450 e. The van der Waals surface area contributed by atoms with Crippen molar-refractivity contribution in [1.29, 1.82) is 0 Å². The SMILES string of the molecule is O=C(Oc1ccccc1)n1c(C(F)(F)F)nc(Cl)c1Cl. The summed E-state index contributed by atoms with van der Waals surface area (Å²) in [5.41, 5.74) is 0. The molecule has 0 radical (unpaired) electrons. The molecule has 106 valence electrons. The number of rotatable bonds is 1. The number of ether oxygens (including phenoxy) is 1. The van der Waals surface area contributed by atoms with E-state index in [4.69, 9.17) is 27.9 Å². The molecule has 20 heavy (non-hydrogen) atoms. The molecule has 0 amide bonds. The number of aromatic nitrogens is 2. The zero-order chi connectivity index (χ0) is 14.9. The highest BCUT2D eigenvalue weighted by atomic mass is 35.5. The van der Waals surface area contributed by atoms with E-state index < -0.39 is 28.4 Å². The topological polar surface area (TPSA) is 44.1 Å². The first-order valence-corrected chi connectivity index (χ1v) is 5.84. The molecule has 0 N–H and O–H groups in total. The molecular formula is C11H5Cl2F3N2O2. The van der Waals surface area contributed by atoms with Gasteiger partial charge in [0.05, 0.1) is 0 Å². The highest BCUT2D eigenvalue weighted by molar-refractivity contribution is 6.41. The molecule has 0 aliphatic rings. The third-order valence-electron chi connectivity index (χ3n) is 2.17. The van der Waals surface area contributed by atoms with Gasteiger partial charge in [-0.3, -0.25) is 0 Å². The zero-order valence-corrected chi connectivity index (χ0v) is 11.0. The summed E-state index contributed by atoms with van der Waals surface area (Å²) in [6, 6.07) is 7.56. The van der Waals surface area contributed by atoms with Gasteiger partial charge in [-0.15, -0.1) is 0 Å². The van der Waals surface area contributed by atoms with E-state index in [0.717, 1.165) is 0 Å².